The lowest BCUT2D eigenvalue weighted by Gasteiger charge is -2.15. The topological polar surface area (TPSA) is 72.8 Å². The van der Waals surface area contributed by atoms with E-state index < -0.39 is 6.10 Å². The Morgan fingerprint density at radius 2 is 0.638 bits per heavy atom. The number of carbonyl (C=O) groups excluding carboxylic acids is 2. The van der Waals surface area contributed by atoms with Crippen molar-refractivity contribution in [1.82, 2.24) is 0 Å². The summed E-state index contributed by atoms with van der Waals surface area (Å²) in [5, 5.41) is 9.62. The van der Waals surface area contributed by atoms with Gasteiger partial charge in [0.05, 0.1) is 6.61 Å². The number of hydrogen-bond acceptors (Lipinski definition) is 5. The molecule has 0 radical (unpaired) electrons. The van der Waals surface area contributed by atoms with Crippen molar-refractivity contribution in [2.45, 2.75) is 302 Å². The van der Waals surface area contributed by atoms with Crippen molar-refractivity contribution in [3.8, 4) is 0 Å². The molecule has 0 aromatic carbocycles. The van der Waals surface area contributed by atoms with Gasteiger partial charge in [0.15, 0.2) is 6.10 Å². The molecule has 0 fully saturated rings. The number of allylic oxidation sites excluding steroid dienone is 2. The maximum absolute atomic E-state index is 12.3. The van der Waals surface area contributed by atoms with E-state index in [9.17, 15) is 14.7 Å². The molecule has 0 heterocycles. The number of esters is 2. The molecule has 0 aliphatic rings. The molecule has 344 valence electrons. The Morgan fingerprint density at radius 3 is 0.931 bits per heavy atom. The summed E-state index contributed by atoms with van der Waals surface area (Å²) in [5.74, 6) is -0.570. The molecule has 0 saturated carbocycles. The molecule has 5 heteroatoms. The van der Waals surface area contributed by atoms with E-state index in [2.05, 4.69) is 26.0 Å². The molecule has 0 rings (SSSR count). The molecule has 1 atom stereocenters. The second-order valence-corrected chi connectivity index (χ2v) is 18.0. The lowest BCUT2D eigenvalue weighted by molar-refractivity contribution is -0.161. The quantitative estimate of drug-likeness (QED) is 0.0376. The first-order chi connectivity index (χ1) is 28.6. The Bertz CT molecular complexity index is 840. The number of carbonyl (C=O) groups is 2. The first-order valence-corrected chi connectivity index (χ1v) is 26.2. The van der Waals surface area contributed by atoms with Crippen LogP contribution in [0.2, 0.25) is 0 Å². The summed E-state index contributed by atoms with van der Waals surface area (Å²) >= 11 is 0. The number of ether oxygens (including phenoxy) is 2. The third-order valence-electron chi connectivity index (χ3n) is 12.1. The Kier molecular flexibility index (Phi) is 48.8. The van der Waals surface area contributed by atoms with Crippen LogP contribution in [-0.4, -0.2) is 36.4 Å². The number of aliphatic hydroxyl groups excluding tert-OH is 1. The SMILES string of the molecule is CCCCCCCCCC/C=C\CCCCCCCCCCCCCCCCCC(=O)OC(CO)COC(=O)CCCCCCCCCCCCCCCCCCC. The van der Waals surface area contributed by atoms with Crippen LogP contribution in [0.3, 0.4) is 0 Å². The molecule has 0 amide bonds. The summed E-state index contributed by atoms with van der Waals surface area (Å²) in [6.07, 6.45) is 60.3. The maximum atomic E-state index is 12.3. The van der Waals surface area contributed by atoms with E-state index >= 15 is 0 Å². The molecular weight excluding hydrogens is 717 g/mol. The second-order valence-electron chi connectivity index (χ2n) is 18.0. The van der Waals surface area contributed by atoms with Crippen LogP contribution in [0.5, 0.6) is 0 Å². The number of aliphatic hydroxyl groups is 1. The summed E-state index contributed by atoms with van der Waals surface area (Å²) in [6.45, 7) is 4.19. The molecule has 0 aromatic heterocycles. The molecule has 0 aliphatic carbocycles. The van der Waals surface area contributed by atoms with Gasteiger partial charge in [0.2, 0.25) is 0 Å². The van der Waals surface area contributed by atoms with Gasteiger partial charge >= 0.3 is 11.9 Å². The highest BCUT2D eigenvalue weighted by Gasteiger charge is 2.16. The van der Waals surface area contributed by atoms with E-state index in [0.29, 0.717) is 12.8 Å². The molecule has 58 heavy (non-hydrogen) atoms. The Morgan fingerprint density at radius 1 is 0.379 bits per heavy atom. The van der Waals surface area contributed by atoms with Gasteiger partial charge in [-0.2, -0.15) is 0 Å². The van der Waals surface area contributed by atoms with Crippen molar-refractivity contribution in [3.05, 3.63) is 12.2 Å². The summed E-state index contributed by atoms with van der Waals surface area (Å²) in [4.78, 5) is 24.4. The minimum absolute atomic E-state index is 0.0580. The van der Waals surface area contributed by atoms with Gasteiger partial charge in [0, 0.05) is 12.8 Å². The highest BCUT2D eigenvalue weighted by molar-refractivity contribution is 5.70. The first kappa shape index (κ1) is 56.6. The fraction of sp³-hybridized carbons (Fsp3) is 0.925. The molecule has 0 bridgehead atoms. The molecule has 0 aromatic rings. The summed E-state index contributed by atoms with van der Waals surface area (Å²) < 4.78 is 10.7. The predicted molar refractivity (Wildman–Crippen MR) is 252 cm³/mol. The lowest BCUT2D eigenvalue weighted by Crippen LogP contribution is -2.28. The zero-order valence-corrected chi connectivity index (χ0v) is 39.3. The molecule has 1 unspecified atom stereocenters. The summed E-state index contributed by atoms with van der Waals surface area (Å²) in [5.41, 5.74) is 0. The largest absolute Gasteiger partial charge is 0.462 e. The van der Waals surface area contributed by atoms with Crippen LogP contribution < -0.4 is 0 Å². The van der Waals surface area contributed by atoms with Gasteiger partial charge in [0.25, 0.3) is 0 Å². The fourth-order valence-electron chi connectivity index (χ4n) is 8.08. The van der Waals surface area contributed by atoms with Crippen molar-refractivity contribution < 1.29 is 24.2 Å². The van der Waals surface area contributed by atoms with Crippen molar-refractivity contribution >= 4 is 11.9 Å². The minimum Gasteiger partial charge on any atom is -0.462 e. The van der Waals surface area contributed by atoms with Crippen molar-refractivity contribution in [2.24, 2.45) is 0 Å². The molecule has 0 saturated heterocycles. The third-order valence-corrected chi connectivity index (χ3v) is 12.1. The summed E-state index contributed by atoms with van der Waals surface area (Å²) in [7, 11) is 0. The maximum Gasteiger partial charge on any atom is 0.306 e. The minimum atomic E-state index is -0.765. The predicted octanol–water partition coefficient (Wildman–Crippen LogP) is 17.2. The van der Waals surface area contributed by atoms with Crippen LogP contribution in [0.25, 0.3) is 0 Å². The molecule has 0 aliphatic heterocycles. The van der Waals surface area contributed by atoms with E-state index in [1.807, 2.05) is 0 Å². The average molecular weight is 819 g/mol. The van der Waals surface area contributed by atoms with E-state index in [1.54, 1.807) is 0 Å². The number of hydrogen-bond donors (Lipinski definition) is 1. The van der Waals surface area contributed by atoms with Crippen LogP contribution in [0, 0.1) is 0 Å². The Balaban J connectivity index is 3.42. The smallest absolute Gasteiger partial charge is 0.306 e. The van der Waals surface area contributed by atoms with Crippen molar-refractivity contribution in [1.29, 1.82) is 0 Å². The van der Waals surface area contributed by atoms with Gasteiger partial charge in [-0.05, 0) is 38.5 Å². The van der Waals surface area contributed by atoms with Crippen LogP contribution >= 0.6 is 0 Å². The van der Waals surface area contributed by atoms with E-state index in [1.165, 1.54) is 238 Å². The first-order valence-electron chi connectivity index (χ1n) is 26.2. The zero-order valence-electron chi connectivity index (χ0n) is 39.3. The Labute approximate surface area is 362 Å². The van der Waals surface area contributed by atoms with Gasteiger partial charge in [-0.15, -0.1) is 0 Å². The molecule has 0 spiro atoms. The molecule has 1 N–H and O–H groups in total. The van der Waals surface area contributed by atoms with Gasteiger partial charge in [-0.1, -0.05) is 257 Å². The monoisotopic (exact) mass is 819 g/mol. The number of rotatable bonds is 49. The van der Waals surface area contributed by atoms with Crippen molar-refractivity contribution in [3.63, 3.8) is 0 Å². The standard InChI is InChI=1S/C53H102O5/c1-3-5-7-9-11-13-15-17-19-21-22-23-24-25-26-27-28-29-30-32-34-36-38-40-42-44-46-48-53(56)58-51(49-54)50-57-52(55)47-45-43-41-39-37-35-33-31-20-18-16-14-12-10-8-6-4-2/h21-22,51,54H,3-20,23-50H2,1-2H3/b22-21-. The lowest BCUT2D eigenvalue weighted by atomic mass is 10.0. The van der Waals surface area contributed by atoms with Gasteiger partial charge in [-0.3, -0.25) is 9.59 Å². The third kappa shape index (κ3) is 47.3. The van der Waals surface area contributed by atoms with Crippen LogP contribution in [0.4, 0.5) is 0 Å². The summed E-state index contributed by atoms with van der Waals surface area (Å²) in [6, 6.07) is 0. The molecular formula is C53H102O5. The van der Waals surface area contributed by atoms with Crippen LogP contribution in [0.1, 0.15) is 296 Å². The van der Waals surface area contributed by atoms with Crippen LogP contribution in [-0.2, 0) is 19.1 Å². The van der Waals surface area contributed by atoms with E-state index in [0.717, 1.165) is 32.1 Å². The van der Waals surface area contributed by atoms with Crippen molar-refractivity contribution in [2.75, 3.05) is 13.2 Å². The normalized spacial score (nSPS) is 12.1. The fourth-order valence-corrected chi connectivity index (χ4v) is 8.08. The second kappa shape index (κ2) is 50.0. The van der Waals surface area contributed by atoms with Gasteiger partial charge in [0.1, 0.15) is 6.61 Å². The van der Waals surface area contributed by atoms with E-state index in [4.69, 9.17) is 9.47 Å². The molecule has 5 nitrogen and oxygen atoms in total. The Hall–Kier alpha value is -1.36. The zero-order chi connectivity index (χ0) is 42.1. The number of unbranched alkanes of at least 4 members (excludes halogenated alkanes) is 39. The van der Waals surface area contributed by atoms with E-state index in [-0.39, 0.29) is 25.2 Å². The average Bonchev–Trinajstić information content (AvgIpc) is 3.23. The highest BCUT2D eigenvalue weighted by Crippen LogP contribution is 2.17. The highest BCUT2D eigenvalue weighted by atomic mass is 16.6. The van der Waals surface area contributed by atoms with Crippen LogP contribution in [0.15, 0.2) is 12.2 Å². The van der Waals surface area contributed by atoms with Gasteiger partial charge in [-0.25, -0.2) is 0 Å². The van der Waals surface area contributed by atoms with Gasteiger partial charge < -0.3 is 14.6 Å².